The highest BCUT2D eigenvalue weighted by Crippen LogP contribution is 2.04. The summed E-state index contributed by atoms with van der Waals surface area (Å²) < 4.78 is 0. The third-order valence-corrected chi connectivity index (χ3v) is 2.19. The van der Waals surface area contributed by atoms with Gasteiger partial charge in [0.05, 0.1) is 12.5 Å². The van der Waals surface area contributed by atoms with Gasteiger partial charge in [-0.05, 0) is 31.0 Å². The second kappa shape index (κ2) is 5.36. The molecule has 0 bridgehead atoms. The number of nitriles is 1. The first-order chi connectivity index (χ1) is 6.74. The Labute approximate surface area is 84.8 Å². The van der Waals surface area contributed by atoms with Gasteiger partial charge in [0, 0.05) is 25.0 Å². The van der Waals surface area contributed by atoms with Crippen molar-refractivity contribution >= 4 is 0 Å². The molecule has 3 heteroatoms. The number of hydrogen-bond donors (Lipinski definition) is 1. The van der Waals surface area contributed by atoms with E-state index in [1.807, 2.05) is 19.2 Å². The predicted molar refractivity (Wildman–Crippen MR) is 55.5 cm³/mol. The minimum atomic E-state index is 0.236. The largest absolute Gasteiger partial charge is 0.309 e. The summed E-state index contributed by atoms with van der Waals surface area (Å²) >= 11 is 0. The van der Waals surface area contributed by atoms with Gasteiger partial charge in [0.15, 0.2) is 0 Å². The van der Waals surface area contributed by atoms with Crippen LogP contribution in [0.25, 0.3) is 0 Å². The summed E-state index contributed by atoms with van der Waals surface area (Å²) in [6, 6.07) is 4.37. The number of aromatic nitrogens is 1. The van der Waals surface area contributed by atoms with E-state index in [9.17, 15) is 0 Å². The second-order valence-electron chi connectivity index (χ2n) is 3.45. The molecule has 1 N–H and O–H groups in total. The number of nitrogens with one attached hydrogen (secondary N) is 1. The topological polar surface area (TPSA) is 48.7 Å². The Morgan fingerprint density at radius 1 is 1.64 bits per heavy atom. The van der Waals surface area contributed by atoms with Crippen LogP contribution in [0.15, 0.2) is 18.5 Å². The maximum Gasteiger partial charge on any atom is 0.0638 e. The molecule has 0 spiro atoms. The Morgan fingerprint density at radius 3 is 3.07 bits per heavy atom. The molecule has 3 nitrogen and oxygen atoms in total. The van der Waals surface area contributed by atoms with Crippen molar-refractivity contribution in [1.82, 2.24) is 10.3 Å². The van der Waals surface area contributed by atoms with E-state index >= 15 is 0 Å². The van der Waals surface area contributed by atoms with E-state index in [-0.39, 0.29) is 6.04 Å². The van der Waals surface area contributed by atoms with Crippen molar-refractivity contribution in [2.24, 2.45) is 0 Å². The Balaban J connectivity index is 2.46. The van der Waals surface area contributed by atoms with Crippen LogP contribution in [0.1, 0.15) is 24.5 Å². The molecule has 1 aromatic rings. The molecule has 0 aromatic carbocycles. The fourth-order valence-electron chi connectivity index (χ4n) is 1.18. The normalized spacial score (nSPS) is 12.1. The van der Waals surface area contributed by atoms with Gasteiger partial charge in [0.1, 0.15) is 0 Å². The van der Waals surface area contributed by atoms with Crippen LogP contribution in [0.2, 0.25) is 0 Å². The molecule has 0 aliphatic carbocycles. The first-order valence-electron chi connectivity index (χ1n) is 4.74. The standard InChI is InChI=1S/C11H15N3/c1-9-4-6-13-7-11(9)8-14-10(2)3-5-12/h4,6-7,10,14H,3,8H2,1-2H3. The van der Waals surface area contributed by atoms with E-state index < -0.39 is 0 Å². The van der Waals surface area contributed by atoms with Crippen LogP contribution < -0.4 is 5.32 Å². The third-order valence-electron chi connectivity index (χ3n) is 2.19. The summed E-state index contributed by atoms with van der Waals surface area (Å²) in [6.45, 7) is 4.85. The number of rotatable bonds is 4. The molecular formula is C11H15N3. The minimum absolute atomic E-state index is 0.236. The minimum Gasteiger partial charge on any atom is -0.309 e. The average molecular weight is 189 g/mol. The van der Waals surface area contributed by atoms with Gasteiger partial charge in [-0.2, -0.15) is 5.26 Å². The Morgan fingerprint density at radius 2 is 2.43 bits per heavy atom. The number of pyridine rings is 1. The maximum atomic E-state index is 8.49. The van der Waals surface area contributed by atoms with E-state index in [0.29, 0.717) is 6.42 Å². The van der Waals surface area contributed by atoms with Gasteiger partial charge in [-0.3, -0.25) is 4.98 Å². The predicted octanol–water partition coefficient (Wildman–Crippen LogP) is 1.78. The summed E-state index contributed by atoms with van der Waals surface area (Å²) in [6.07, 6.45) is 4.19. The van der Waals surface area contributed by atoms with E-state index in [0.717, 1.165) is 6.54 Å². The zero-order valence-electron chi connectivity index (χ0n) is 8.62. The quantitative estimate of drug-likeness (QED) is 0.785. The lowest BCUT2D eigenvalue weighted by atomic mass is 10.1. The molecule has 0 amide bonds. The van der Waals surface area contributed by atoms with Crippen LogP contribution in [0.4, 0.5) is 0 Å². The molecule has 0 aliphatic rings. The summed E-state index contributed by atoms with van der Waals surface area (Å²) in [5.74, 6) is 0. The highest BCUT2D eigenvalue weighted by atomic mass is 14.9. The van der Waals surface area contributed by atoms with Gasteiger partial charge >= 0.3 is 0 Å². The Kier molecular flexibility index (Phi) is 4.09. The van der Waals surface area contributed by atoms with Crippen LogP contribution in [0, 0.1) is 18.3 Å². The lowest BCUT2D eigenvalue weighted by Crippen LogP contribution is -2.25. The van der Waals surface area contributed by atoms with Gasteiger partial charge in [0.25, 0.3) is 0 Å². The molecule has 0 fully saturated rings. The van der Waals surface area contributed by atoms with Crippen molar-refractivity contribution in [1.29, 1.82) is 5.26 Å². The van der Waals surface area contributed by atoms with Crippen molar-refractivity contribution < 1.29 is 0 Å². The van der Waals surface area contributed by atoms with Crippen LogP contribution in [0.5, 0.6) is 0 Å². The van der Waals surface area contributed by atoms with E-state index in [2.05, 4.69) is 23.3 Å². The lowest BCUT2D eigenvalue weighted by Gasteiger charge is -2.11. The number of nitrogens with zero attached hydrogens (tertiary/aromatic N) is 2. The molecule has 1 atom stereocenters. The van der Waals surface area contributed by atoms with Crippen molar-refractivity contribution in [3.8, 4) is 6.07 Å². The van der Waals surface area contributed by atoms with Crippen LogP contribution >= 0.6 is 0 Å². The van der Waals surface area contributed by atoms with Gasteiger partial charge in [-0.15, -0.1) is 0 Å². The fraction of sp³-hybridized carbons (Fsp3) is 0.455. The van der Waals surface area contributed by atoms with Crippen LogP contribution in [0.3, 0.4) is 0 Å². The monoisotopic (exact) mass is 189 g/mol. The molecule has 1 heterocycles. The van der Waals surface area contributed by atoms with E-state index in [1.54, 1.807) is 6.20 Å². The van der Waals surface area contributed by atoms with Gasteiger partial charge in [0.2, 0.25) is 0 Å². The molecule has 1 unspecified atom stereocenters. The molecule has 0 saturated heterocycles. The van der Waals surface area contributed by atoms with Crippen LogP contribution in [-0.2, 0) is 6.54 Å². The maximum absolute atomic E-state index is 8.49. The van der Waals surface area contributed by atoms with E-state index in [1.165, 1.54) is 11.1 Å². The molecule has 0 saturated carbocycles. The molecule has 74 valence electrons. The van der Waals surface area contributed by atoms with Gasteiger partial charge in [-0.25, -0.2) is 0 Å². The Bertz CT molecular complexity index is 328. The van der Waals surface area contributed by atoms with Crippen molar-refractivity contribution in [3.63, 3.8) is 0 Å². The fourth-order valence-corrected chi connectivity index (χ4v) is 1.18. The second-order valence-corrected chi connectivity index (χ2v) is 3.45. The smallest absolute Gasteiger partial charge is 0.0638 e. The number of hydrogen-bond acceptors (Lipinski definition) is 3. The highest BCUT2D eigenvalue weighted by Gasteiger charge is 2.01. The molecule has 0 aliphatic heterocycles. The lowest BCUT2D eigenvalue weighted by molar-refractivity contribution is 0.555. The number of aryl methyl sites for hydroxylation is 1. The molecule has 14 heavy (non-hydrogen) atoms. The summed E-state index contributed by atoms with van der Waals surface area (Å²) in [4.78, 5) is 4.06. The average Bonchev–Trinajstić information content (AvgIpc) is 2.17. The molecule has 1 aromatic heterocycles. The third kappa shape index (κ3) is 3.15. The zero-order valence-corrected chi connectivity index (χ0v) is 8.62. The van der Waals surface area contributed by atoms with E-state index in [4.69, 9.17) is 5.26 Å². The zero-order chi connectivity index (χ0) is 10.4. The van der Waals surface area contributed by atoms with Crippen molar-refractivity contribution in [3.05, 3.63) is 29.6 Å². The summed E-state index contributed by atoms with van der Waals surface area (Å²) in [7, 11) is 0. The Hall–Kier alpha value is -1.40. The summed E-state index contributed by atoms with van der Waals surface area (Å²) in [5, 5.41) is 11.8. The van der Waals surface area contributed by atoms with Crippen molar-refractivity contribution in [2.45, 2.75) is 32.9 Å². The SMILES string of the molecule is Cc1ccncc1CNC(C)CC#N. The van der Waals surface area contributed by atoms with Gasteiger partial charge in [-0.1, -0.05) is 0 Å². The molecule has 0 radical (unpaired) electrons. The molecule has 1 rings (SSSR count). The summed E-state index contributed by atoms with van der Waals surface area (Å²) in [5.41, 5.74) is 2.42. The molecular weight excluding hydrogens is 174 g/mol. The highest BCUT2D eigenvalue weighted by molar-refractivity contribution is 5.21. The van der Waals surface area contributed by atoms with Crippen LogP contribution in [-0.4, -0.2) is 11.0 Å². The van der Waals surface area contributed by atoms with Crippen molar-refractivity contribution in [2.75, 3.05) is 0 Å². The first-order valence-corrected chi connectivity index (χ1v) is 4.74. The first kappa shape index (κ1) is 10.7. The van der Waals surface area contributed by atoms with Gasteiger partial charge < -0.3 is 5.32 Å².